The molecule has 0 aliphatic carbocycles. The number of hydrogen-bond acceptors (Lipinski definition) is 7. The van der Waals surface area contributed by atoms with Crippen LogP contribution in [-0.4, -0.2) is 67.5 Å². The molecule has 1 aromatic heterocycles. The van der Waals surface area contributed by atoms with Crippen LogP contribution in [0.15, 0.2) is 23.0 Å². The van der Waals surface area contributed by atoms with E-state index in [4.69, 9.17) is 9.47 Å². The number of ether oxygens (including phenoxy) is 2. The molecule has 9 nitrogen and oxygen atoms in total. The Morgan fingerprint density at radius 1 is 1.20 bits per heavy atom. The molecule has 0 saturated carbocycles. The van der Waals surface area contributed by atoms with E-state index in [0.29, 0.717) is 67.8 Å². The topological polar surface area (TPSA) is 99.8 Å². The zero-order chi connectivity index (χ0) is 24.9. The summed E-state index contributed by atoms with van der Waals surface area (Å²) in [5, 5.41) is 2.82. The van der Waals surface area contributed by atoms with Gasteiger partial charge < -0.3 is 24.6 Å². The van der Waals surface area contributed by atoms with Gasteiger partial charge in [-0.2, -0.15) is 0 Å². The van der Waals surface area contributed by atoms with Gasteiger partial charge in [0.2, 0.25) is 11.9 Å². The standard InChI is InChI=1S/C25H34FN5O4/c1-16-14-31(15-17(2)35-16)22-6-4-19(12-21(22)26)13-27-23(32)7-5-20-18(3)28-25(29-24(20)33)30-8-10-34-11-9-30/h4,6,12,16-17H,5,7-11,13-15H2,1-3H3,(H,27,32)(H,28,29,33). The first-order chi connectivity index (χ1) is 16.8. The molecule has 35 heavy (non-hydrogen) atoms. The van der Waals surface area contributed by atoms with Gasteiger partial charge >= 0.3 is 0 Å². The van der Waals surface area contributed by atoms with Crippen molar-refractivity contribution < 1.29 is 18.7 Å². The second kappa shape index (κ2) is 11.2. The molecule has 2 aromatic rings. The molecule has 2 aliphatic rings. The van der Waals surface area contributed by atoms with Crippen LogP contribution in [0.3, 0.4) is 0 Å². The Labute approximate surface area is 204 Å². The lowest BCUT2D eigenvalue weighted by molar-refractivity contribution is -0.121. The Morgan fingerprint density at radius 2 is 1.91 bits per heavy atom. The van der Waals surface area contributed by atoms with E-state index in [0.717, 1.165) is 0 Å². The predicted octanol–water partition coefficient (Wildman–Crippen LogP) is 1.92. The average molecular weight is 488 g/mol. The molecule has 2 aliphatic heterocycles. The fraction of sp³-hybridized carbons (Fsp3) is 0.560. The number of halogens is 1. The van der Waals surface area contributed by atoms with Crippen LogP contribution < -0.4 is 20.7 Å². The molecular formula is C25H34FN5O4. The molecule has 2 atom stereocenters. The molecule has 10 heteroatoms. The summed E-state index contributed by atoms with van der Waals surface area (Å²) in [7, 11) is 0. The first kappa shape index (κ1) is 25.1. The highest BCUT2D eigenvalue weighted by Crippen LogP contribution is 2.24. The van der Waals surface area contributed by atoms with E-state index < -0.39 is 0 Å². The minimum Gasteiger partial charge on any atom is -0.378 e. The number of morpholine rings is 2. The van der Waals surface area contributed by atoms with Crippen LogP contribution >= 0.6 is 0 Å². The SMILES string of the molecule is Cc1nc(N2CCOCC2)[nH]c(=O)c1CCC(=O)NCc1ccc(N2CC(C)OC(C)C2)c(F)c1. The van der Waals surface area contributed by atoms with Crippen LogP contribution in [0, 0.1) is 12.7 Å². The highest BCUT2D eigenvalue weighted by molar-refractivity contribution is 5.76. The monoisotopic (exact) mass is 487 g/mol. The molecule has 190 valence electrons. The van der Waals surface area contributed by atoms with Gasteiger partial charge in [0.25, 0.3) is 5.56 Å². The summed E-state index contributed by atoms with van der Waals surface area (Å²) in [5.74, 6) is 0.0171. The Morgan fingerprint density at radius 3 is 2.57 bits per heavy atom. The summed E-state index contributed by atoms with van der Waals surface area (Å²) in [6, 6.07) is 5.04. The number of benzene rings is 1. The predicted molar refractivity (Wildman–Crippen MR) is 131 cm³/mol. The van der Waals surface area contributed by atoms with Crippen molar-refractivity contribution >= 4 is 17.5 Å². The van der Waals surface area contributed by atoms with Gasteiger partial charge in [-0.15, -0.1) is 0 Å². The Bertz CT molecular complexity index is 1090. The maximum Gasteiger partial charge on any atom is 0.255 e. The number of rotatable bonds is 7. The van der Waals surface area contributed by atoms with E-state index in [1.165, 1.54) is 6.07 Å². The molecule has 4 rings (SSSR count). The molecular weight excluding hydrogens is 453 g/mol. The molecule has 2 saturated heterocycles. The maximum atomic E-state index is 14.8. The summed E-state index contributed by atoms with van der Waals surface area (Å²) >= 11 is 0. The third-order valence-electron chi connectivity index (χ3n) is 6.38. The molecule has 1 amide bonds. The van der Waals surface area contributed by atoms with Gasteiger partial charge in [-0.1, -0.05) is 6.07 Å². The number of carbonyl (C=O) groups excluding carboxylic acids is 1. The number of nitrogens with one attached hydrogen (secondary N) is 2. The minimum atomic E-state index is -0.313. The molecule has 0 radical (unpaired) electrons. The van der Waals surface area contributed by atoms with Crippen molar-refractivity contribution in [2.75, 3.05) is 49.2 Å². The number of H-pyrrole nitrogens is 1. The highest BCUT2D eigenvalue weighted by atomic mass is 19.1. The third-order valence-corrected chi connectivity index (χ3v) is 6.38. The number of anilines is 2. The molecule has 3 heterocycles. The van der Waals surface area contributed by atoms with Gasteiger partial charge in [-0.3, -0.25) is 14.6 Å². The van der Waals surface area contributed by atoms with Crippen molar-refractivity contribution in [3.05, 3.63) is 51.2 Å². The number of aromatic nitrogens is 2. The summed E-state index contributed by atoms with van der Waals surface area (Å²) < 4.78 is 25.9. The van der Waals surface area contributed by atoms with E-state index in [1.807, 2.05) is 29.7 Å². The van der Waals surface area contributed by atoms with Crippen LogP contribution in [-0.2, 0) is 27.2 Å². The van der Waals surface area contributed by atoms with E-state index in [2.05, 4.69) is 15.3 Å². The average Bonchev–Trinajstić information content (AvgIpc) is 2.82. The van der Waals surface area contributed by atoms with Gasteiger partial charge in [-0.25, -0.2) is 9.37 Å². The lowest BCUT2D eigenvalue weighted by Crippen LogP contribution is -2.45. The minimum absolute atomic E-state index is 0.0405. The number of aryl methyl sites for hydroxylation is 1. The lowest BCUT2D eigenvalue weighted by atomic mass is 10.1. The second-order valence-electron chi connectivity index (χ2n) is 9.28. The normalized spacial score (nSPS) is 20.7. The number of carbonyl (C=O) groups is 1. The Kier molecular flexibility index (Phi) is 8.02. The maximum absolute atomic E-state index is 14.8. The third kappa shape index (κ3) is 6.37. The summed E-state index contributed by atoms with van der Waals surface area (Å²) in [6.07, 6.45) is 0.508. The van der Waals surface area contributed by atoms with E-state index in [-0.39, 0.29) is 48.9 Å². The Hall–Kier alpha value is -2.98. The van der Waals surface area contributed by atoms with Crippen molar-refractivity contribution in [3.63, 3.8) is 0 Å². The van der Waals surface area contributed by atoms with Gasteiger partial charge in [0, 0.05) is 50.4 Å². The fourth-order valence-corrected chi connectivity index (χ4v) is 4.63. The molecule has 2 unspecified atom stereocenters. The van der Waals surface area contributed by atoms with Crippen LogP contribution in [0.1, 0.15) is 37.1 Å². The summed E-state index contributed by atoms with van der Waals surface area (Å²) in [6.45, 7) is 9.79. The van der Waals surface area contributed by atoms with E-state index in [9.17, 15) is 14.0 Å². The zero-order valence-electron chi connectivity index (χ0n) is 20.6. The lowest BCUT2D eigenvalue weighted by Gasteiger charge is -2.37. The molecule has 0 bridgehead atoms. The smallest absolute Gasteiger partial charge is 0.255 e. The van der Waals surface area contributed by atoms with Gasteiger partial charge in [0.05, 0.1) is 31.1 Å². The number of nitrogens with zero attached hydrogens (tertiary/aromatic N) is 3. The van der Waals surface area contributed by atoms with Crippen molar-refractivity contribution in [2.24, 2.45) is 0 Å². The van der Waals surface area contributed by atoms with E-state index >= 15 is 0 Å². The number of hydrogen-bond donors (Lipinski definition) is 2. The molecule has 0 spiro atoms. The summed E-state index contributed by atoms with van der Waals surface area (Å²) in [5.41, 5.74) is 2.12. The molecule has 1 aromatic carbocycles. The van der Waals surface area contributed by atoms with E-state index in [1.54, 1.807) is 13.0 Å². The summed E-state index contributed by atoms with van der Waals surface area (Å²) in [4.78, 5) is 36.3. The van der Waals surface area contributed by atoms with Crippen molar-refractivity contribution in [1.29, 1.82) is 0 Å². The van der Waals surface area contributed by atoms with Crippen LogP contribution in [0.5, 0.6) is 0 Å². The van der Waals surface area contributed by atoms with Crippen molar-refractivity contribution in [2.45, 2.75) is 52.4 Å². The number of amides is 1. The first-order valence-electron chi connectivity index (χ1n) is 12.2. The van der Waals surface area contributed by atoms with Gasteiger partial charge in [-0.05, 0) is 44.9 Å². The molecule has 2 fully saturated rings. The van der Waals surface area contributed by atoms with Crippen LogP contribution in [0.2, 0.25) is 0 Å². The highest BCUT2D eigenvalue weighted by Gasteiger charge is 2.24. The Balaban J connectivity index is 1.30. The quantitative estimate of drug-likeness (QED) is 0.616. The van der Waals surface area contributed by atoms with Gasteiger partial charge in [0.1, 0.15) is 5.82 Å². The van der Waals surface area contributed by atoms with Gasteiger partial charge in [0.15, 0.2) is 0 Å². The van der Waals surface area contributed by atoms with Crippen LogP contribution in [0.4, 0.5) is 16.0 Å². The second-order valence-corrected chi connectivity index (χ2v) is 9.28. The molecule has 2 N–H and O–H groups in total. The largest absolute Gasteiger partial charge is 0.378 e. The van der Waals surface area contributed by atoms with Crippen LogP contribution in [0.25, 0.3) is 0 Å². The van der Waals surface area contributed by atoms with Crippen molar-refractivity contribution in [3.8, 4) is 0 Å². The zero-order valence-corrected chi connectivity index (χ0v) is 20.6. The first-order valence-corrected chi connectivity index (χ1v) is 12.2. The van der Waals surface area contributed by atoms with Crippen molar-refractivity contribution in [1.82, 2.24) is 15.3 Å². The fourth-order valence-electron chi connectivity index (χ4n) is 4.63. The number of aromatic amines is 1.